The Labute approximate surface area is 175 Å². The maximum atomic E-state index is 5.47. The van der Waals surface area contributed by atoms with Crippen molar-refractivity contribution in [1.82, 2.24) is 4.98 Å². The van der Waals surface area contributed by atoms with Crippen molar-refractivity contribution in [2.24, 2.45) is 0 Å². The van der Waals surface area contributed by atoms with Gasteiger partial charge in [0.05, 0.1) is 10.7 Å². The highest BCUT2D eigenvalue weighted by molar-refractivity contribution is 7.98. The molecule has 2 aromatic carbocycles. The van der Waals surface area contributed by atoms with Crippen molar-refractivity contribution in [2.75, 3.05) is 6.79 Å². The SMILES string of the molecule is Cc1ccc(C(C)(C)C)cc1SCc1csc(Cc2ccc3c(c2)OCO3)n1. The summed E-state index contributed by atoms with van der Waals surface area (Å²) in [5.74, 6) is 2.55. The highest BCUT2D eigenvalue weighted by atomic mass is 32.2. The second kappa shape index (κ2) is 7.80. The van der Waals surface area contributed by atoms with Crippen LogP contribution in [-0.4, -0.2) is 11.8 Å². The predicted molar refractivity (Wildman–Crippen MR) is 117 cm³/mol. The Morgan fingerprint density at radius 3 is 2.71 bits per heavy atom. The first-order valence-electron chi connectivity index (χ1n) is 9.44. The van der Waals surface area contributed by atoms with Gasteiger partial charge >= 0.3 is 0 Å². The van der Waals surface area contributed by atoms with E-state index in [0.29, 0.717) is 6.79 Å². The number of benzene rings is 2. The molecule has 2 heterocycles. The lowest BCUT2D eigenvalue weighted by Gasteiger charge is -2.20. The molecule has 0 unspecified atom stereocenters. The van der Waals surface area contributed by atoms with E-state index in [9.17, 15) is 0 Å². The van der Waals surface area contributed by atoms with Crippen molar-refractivity contribution < 1.29 is 9.47 Å². The van der Waals surface area contributed by atoms with Crippen LogP contribution in [0.1, 0.15) is 48.2 Å². The van der Waals surface area contributed by atoms with Gasteiger partial charge in [0.2, 0.25) is 6.79 Å². The fraction of sp³-hybridized carbons (Fsp3) is 0.348. The molecular formula is C23H25NO2S2. The maximum Gasteiger partial charge on any atom is 0.231 e. The summed E-state index contributed by atoms with van der Waals surface area (Å²) in [6.07, 6.45) is 0.824. The number of thioether (sulfide) groups is 1. The standard InChI is InChI=1S/C23H25NO2S2/c1-15-5-7-17(23(2,3)4)11-21(15)27-12-18-13-28-22(24-18)10-16-6-8-19-20(9-16)26-14-25-19/h5-9,11,13H,10,12,14H2,1-4H3. The molecule has 3 nitrogen and oxygen atoms in total. The minimum absolute atomic E-state index is 0.168. The molecule has 0 spiro atoms. The Balaban J connectivity index is 1.41. The number of nitrogens with zero attached hydrogens (tertiary/aromatic N) is 1. The number of aromatic nitrogens is 1. The van der Waals surface area contributed by atoms with E-state index >= 15 is 0 Å². The van der Waals surface area contributed by atoms with Crippen LogP contribution < -0.4 is 9.47 Å². The normalized spacial score (nSPS) is 13.1. The van der Waals surface area contributed by atoms with Crippen molar-refractivity contribution >= 4 is 23.1 Å². The maximum absolute atomic E-state index is 5.47. The molecule has 1 aliphatic rings. The summed E-state index contributed by atoms with van der Waals surface area (Å²) in [4.78, 5) is 6.19. The fourth-order valence-electron chi connectivity index (χ4n) is 3.10. The van der Waals surface area contributed by atoms with Crippen molar-refractivity contribution in [2.45, 2.75) is 50.2 Å². The summed E-state index contributed by atoms with van der Waals surface area (Å²) in [7, 11) is 0. The van der Waals surface area contributed by atoms with Crippen LogP contribution >= 0.6 is 23.1 Å². The molecule has 0 atom stereocenters. The molecule has 0 bridgehead atoms. The molecule has 0 saturated heterocycles. The van der Waals surface area contributed by atoms with Gasteiger partial charge in [0.25, 0.3) is 0 Å². The highest BCUT2D eigenvalue weighted by Gasteiger charge is 2.16. The van der Waals surface area contributed by atoms with Crippen LogP contribution in [0.25, 0.3) is 0 Å². The molecule has 0 fully saturated rings. The molecule has 1 aromatic heterocycles. The van der Waals surface area contributed by atoms with Crippen molar-refractivity contribution in [3.8, 4) is 11.5 Å². The minimum Gasteiger partial charge on any atom is -0.454 e. The van der Waals surface area contributed by atoms with Gasteiger partial charge in [0.1, 0.15) is 0 Å². The fourth-order valence-corrected chi connectivity index (χ4v) is 4.99. The van der Waals surface area contributed by atoms with Gasteiger partial charge in [-0.3, -0.25) is 0 Å². The molecule has 146 valence electrons. The van der Waals surface area contributed by atoms with E-state index in [0.717, 1.165) is 34.4 Å². The van der Waals surface area contributed by atoms with Crippen molar-refractivity contribution in [3.05, 3.63) is 69.2 Å². The molecule has 5 heteroatoms. The van der Waals surface area contributed by atoms with Crippen LogP contribution in [-0.2, 0) is 17.6 Å². The van der Waals surface area contributed by atoms with E-state index < -0.39 is 0 Å². The molecule has 0 aliphatic carbocycles. The van der Waals surface area contributed by atoms with Crippen LogP contribution in [0.15, 0.2) is 46.7 Å². The van der Waals surface area contributed by atoms with Gasteiger partial charge in [-0.25, -0.2) is 4.98 Å². The Morgan fingerprint density at radius 1 is 1.07 bits per heavy atom. The zero-order valence-corrected chi connectivity index (χ0v) is 18.4. The number of ether oxygens (including phenoxy) is 2. The third kappa shape index (κ3) is 4.36. The molecule has 0 amide bonds. The lowest BCUT2D eigenvalue weighted by Crippen LogP contribution is -2.11. The summed E-state index contributed by atoms with van der Waals surface area (Å²) in [6, 6.07) is 12.9. The third-order valence-electron chi connectivity index (χ3n) is 4.82. The van der Waals surface area contributed by atoms with E-state index in [-0.39, 0.29) is 5.41 Å². The summed E-state index contributed by atoms with van der Waals surface area (Å²) in [6.45, 7) is 9.27. The van der Waals surface area contributed by atoms with Crippen LogP contribution in [0, 0.1) is 6.92 Å². The number of hydrogen-bond acceptors (Lipinski definition) is 5. The zero-order valence-electron chi connectivity index (χ0n) is 16.7. The average Bonchev–Trinajstić information content (AvgIpc) is 3.29. The first kappa shape index (κ1) is 19.3. The smallest absolute Gasteiger partial charge is 0.231 e. The summed E-state index contributed by atoms with van der Waals surface area (Å²) >= 11 is 3.60. The third-order valence-corrected chi connectivity index (χ3v) is 6.91. The Kier molecular flexibility index (Phi) is 5.39. The second-order valence-electron chi connectivity index (χ2n) is 8.12. The monoisotopic (exact) mass is 411 g/mol. The largest absolute Gasteiger partial charge is 0.454 e. The molecule has 1 aliphatic heterocycles. The first-order chi connectivity index (χ1) is 13.4. The van der Waals surface area contributed by atoms with Gasteiger partial charge in [-0.2, -0.15) is 0 Å². The average molecular weight is 412 g/mol. The van der Waals surface area contributed by atoms with E-state index in [1.807, 2.05) is 17.8 Å². The summed E-state index contributed by atoms with van der Waals surface area (Å²) in [5.41, 5.74) is 5.22. The van der Waals surface area contributed by atoms with Crippen LogP contribution in [0.4, 0.5) is 0 Å². The lowest BCUT2D eigenvalue weighted by molar-refractivity contribution is 0.174. The molecule has 4 rings (SSSR count). The highest BCUT2D eigenvalue weighted by Crippen LogP contribution is 2.34. The van der Waals surface area contributed by atoms with Crippen molar-refractivity contribution in [3.63, 3.8) is 0 Å². The first-order valence-corrected chi connectivity index (χ1v) is 11.3. The Bertz CT molecular complexity index is 989. The summed E-state index contributed by atoms with van der Waals surface area (Å²) < 4.78 is 10.9. The molecular weight excluding hydrogens is 386 g/mol. The Morgan fingerprint density at radius 2 is 1.89 bits per heavy atom. The van der Waals surface area contributed by atoms with Gasteiger partial charge in [-0.05, 0) is 47.2 Å². The number of aryl methyl sites for hydroxylation is 1. The summed E-state index contributed by atoms with van der Waals surface area (Å²) in [5, 5.41) is 3.31. The quantitative estimate of drug-likeness (QED) is 0.457. The van der Waals surface area contributed by atoms with Gasteiger partial charge in [0, 0.05) is 22.4 Å². The molecule has 0 radical (unpaired) electrons. The van der Waals surface area contributed by atoms with Gasteiger partial charge in [-0.1, -0.05) is 39.0 Å². The number of thiazole rings is 1. The molecule has 28 heavy (non-hydrogen) atoms. The van der Waals surface area contributed by atoms with Crippen LogP contribution in [0.3, 0.4) is 0 Å². The van der Waals surface area contributed by atoms with E-state index in [4.69, 9.17) is 14.5 Å². The predicted octanol–water partition coefficient (Wildman–Crippen LogP) is 6.36. The molecule has 3 aromatic rings. The molecule has 0 saturated carbocycles. The topological polar surface area (TPSA) is 31.4 Å². The Hall–Kier alpha value is -1.98. The second-order valence-corrected chi connectivity index (χ2v) is 10.1. The zero-order chi connectivity index (χ0) is 19.7. The molecule has 0 N–H and O–H groups in total. The van der Waals surface area contributed by atoms with E-state index in [2.05, 4.69) is 63.4 Å². The van der Waals surface area contributed by atoms with E-state index in [1.54, 1.807) is 11.3 Å². The van der Waals surface area contributed by atoms with E-state index in [1.165, 1.54) is 21.6 Å². The van der Waals surface area contributed by atoms with Crippen LogP contribution in [0.5, 0.6) is 11.5 Å². The van der Waals surface area contributed by atoms with Crippen molar-refractivity contribution in [1.29, 1.82) is 0 Å². The van der Waals surface area contributed by atoms with Gasteiger partial charge in [0.15, 0.2) is 11.5 Å². The van der Waals surface area contributed by atoms with Gasteiger partial charge in [-0.15, -0.1) is 23.1 Å². The lowest BCUT2D eigenvalue weighted by atomic mass is 9.87. The number of rotatable bonds is 5. The van der Waals surface area contributed by atoms with Crippen LogP contribution in [0.2, 0.25) is 0 Å². The minimum atomic E-state index is 0.168. The number of hydrogen-bond donors (Lipinski definition) is 0. The number of fused-ring (bicyclic) bond motifs is 1. The van der Waals surface area contributed by atoms with Gasteiger partial charge < -0.3 is 9.47 Å².